The second kappa shape index (κ2) is 4.77. The lowest BCUT2D eigenvalue weighted by atomic mass is 10.1. The van der Waals surface area contributed by atoms with E-state index in [4.69, 9.17) is 11.6 Å². The van der Waals surface area contributed by atoms with Gasteiger partial charge in [-0.3, -0.25) is 4.98 Å². The number of aryl methyl sites for hydroxylation is 1. The highest BCUT2D eigenvalue weighted by Gasteiger charge is 2.12. The predicted molar refractivity (Wildman–Crippen MR) is 65.6 cm³/mol. The molecule has 2 aromatic rings. The number of thiophene rings is 1. The molecule has 0 aliphatic heterocycles. The molecule has 78 valence electrons. The van der Waals surface area contributed by atoms with Gasteiger partial charge in [0.2, 0.25) is 0 Å². The van der Waals surface area contributed by atoms with Gasteiger partial charge in [0.05, 0.1) is 5.38 Å². The van der Waals surface area contributed by atoms with Crippen LogP contribution >= 0.6 is 22.9 Å². The van der Waals surface area contributed by atoms with Crippen LogP contribution in [0.2, 0.25) is 0 Å². The standard InChI is InChI=1S/C12H12ClNS/c1-2-10-3-4-11(15-10)12(13)9-5-7-14-8-6-9/h3-8,12H,2H2,1H3. The van der Waals surface area contributed by atoms with Crippen LogP contribution in [0.25, 0.3) is 0 Å². The number of pyridine rings is 1. The van der Waals surface area contributed by atoms with Crippen LogP contribution in [0.4, 0.5) is 0 Å². The Hall–Kier alpha value is -0.860. The Morgan fingerprint density at radius 1 is 1.27 bits per heavy atom. The van der Waals surface area contributed by atoms with E-state index in [0.29, 0.717) is 0 Å². The van der Waals surface area contributed by atoms with E-state index in [1.807, 2.05) is 12.1 Å². The molecule has 0 spiro atoms. The zero-order valence-corrected chi connectivity index (χ0v) is 10.1. The number of hydrogen-bond acceptors (Lipinski definition) is 2. The van der Waals surface area contributed by atoms with Crippen molar-refractivity contribution in [2.24, 2.45) is 0 Å². The van der Waals surface area contributed by atoms with Crippen molar-refractivity contribution in [3.8, 4) is 0 Å². The molecule has 2 aromatic heterocycles. The van der Waals surface area contributed by atoms with Crippen LogP contribution in [0.1, 0.15) is 27.6 Å². The summed E-state index contributed by atoms with van der Waals surface area (Å²) in [5.74, 6) is 0. The van der Waals surface area contributed by atoms with Crippen LogP contribution in [0, 0.1) is 0 Å². The van der Waals surface area contributed by atoms with Gasteiger partial charge in [-0.25, -0.2) is 0 Å². The zero-order valence-electron chi connectivity index (χ0n) is 8.48. The molecule has 0 bridgehead atoms. The van der Waals surface area contributed by atoms with Crippen molar-refractivity contribution >= 4 is 22.9 Å². The molecular formula is C12H12ClNS. The van der Waals surface area contributed by atoms with Crippen molar-refractivity contribution in [2.75, 3.05) is 0 Å². The van der Waals surface area contributed by atoms with Gasteiger partial charge in [-0.05, 0) is 36.2 Å². The lowest BCUT2D eigenvalue weighted by molar-refractivity contribution is 1.15. The third-order valence-electron chi connectivity index (χ3n) is 2.28. The fraction of sp³-hybridized carbons (Fsp3) is 0.250. The number of hydrogen-bond donors (Lipinski definition) is 0. The van der Waals surface area contributed by atoms with Gasteiger partial charge in [-0.1, -0.05) is 6.92 Å². The molecule has 1 unspecified atom stereocenters. The lowest BCUT2D eigenvalue weighted by Crippen LogP contribution is -1.89. The Balaban J connectivity index is 2.24. The molecule has 0 saturated heterocycles. The molecule has 0 amide bonds. The summed E-state index contributed by atoms with van der Waals surface area (Å²) in [4.78, 5) is 6.58. The van der Waals surface area contributed by atoms with Crippen molar-refractivity contribution in [1.29, 1.82) is 0 Å². The molecule has 0 N–H and O–H groups in total. The van der Waals surface area contributed by atoms with E-state index in [0.717, 1.165) is 12.0 Å². The third kappa shape index (κ3) is 2.39. The van der Waals surface area contributed by atoms with E-state index in [1.165, 1.54) is 9.75 Å². The molecule has 0 saturated carbocycles. The van der Waals surface area contributed by atoms with Crippen molar-refractivity contribution in [3.63, 3.8) is 0 Å². The first-order valence-electron chi connectivity index (χ1n) is 4.94. The van der Waals surface area contributed by atoms with E-state index >= 15 is 0 Å². The summed E-state index contributed by atoms with van der Waals surface area (Å²) in [5.41, 5.74) is 1.11. The first-order valence-corrected chi connectivity index (χ1v) is 6.19. The van der Waals surface area contributed by atoms with E-state index in [1.54, 1.807) is 23.7 Å². The smallest absolute Gasteiger partial charge is 0.0928 e. The third-order valence-corrected chi connectivity index (χ3v) is 4.19. The summed E-state index contributed by atoms with van der Waals surface area (Å²) in [5, 5.41) is -0.0432. The largest absolute Gasteiger partial charge is 0.265 e. The Bertz CT molecular complexity index is 424. The van der Waals surface area contributed by atoms with Gasteiger partial charge in [0, 0.05) is 22.1 Å². The van der Waals surface area contributed by atoms with Gasteiger partial charge in [0.1, 0.15) is 0 Å². The number of nitrogens with zero attached hydrogens (tertiary/aromatic N) is 1. The first kappa shape index (κ1) is 10.7. The topological polar surface area (TPSA) is 12.9 Å². The lowest BCUT2D eigenvalue weighted by Gasteiger charge is -2.06. The van der Waals surface area contributed by atoms with Gasteiger partial charge in [0.25, 0.3) is 0 Å². The highest BCUT2D eigenvalue weighted by atomic mass is 35.5. The average molecular weight is 238 g/mol. The van der Waals surface area contributed by atoms with E-state index in [-0.39, 0.29) is 5.38 Å². The summed E-state index contributed by atoms with van der Waals surface area (Å²) in [6.07, 6.45) is 4.63. The predicted octanol–water partition coefficient (Wildman–Crippen LogP) is 4.03. The van der Waals surface area contributed by atoms with Crippen LogP contribution in [0.15, 0.2) is 36.7 Å². The summed E-state index contributed by atoms with van der Waals surface area (Å²) in [7, 11) is 0. The molecule has 1 nitrogen and oxygen atoms in total. The fourth-order valence-corrected chi connectivity index (χ4v) is 2.73. The van der Waals surface area contributed by atoms with E-state index in [9.17, 15) is 0 Å². The number of alkyl halides is 1. The van der Waals surface area contributed by atoms with Gasteiger partial charge < -0.3 is 0 Å². The highest BCUT2D eigenvalue weighted by Crippen LogP contribution is 2.33. The molecule has 0 aromatic carbocycles. The molecule has 0 aliphatic rings. The van der Waals surface area contributed by atoms with E-state index < -0.39 is 0 Å². The summed E-state index contributed by atoms with van der Waals surface area (Å²) in [6, 6.07) is 8.18. The molecular weight excluding hydrogens is 226 g/mol. The van der Waals surface area contributed by atoms with Crippen molar-refractivity contribution < 1.29 is 0 Å². The second-order valence-corrected chi connectivity index (χ2v) is 4.94. The maximum Gasteiger partial charge on any atom is 0.0928 e. The van der Waals surface area contributed by atoms with Gasteiger partial charge in [-0.15, -0.1) is 22.9 Å². The van der Waals surface area contributed by atoms with Crippen LogP contribution in [0.3, 0.4) is 0 Å². The minimum Gasteiger partial charge on any atom is -0.265 e. The van der Waals surface area contributed by atoms with Crippen LogP contribution in [-0.4, -0.2) is 4.98 Å². The molecule has 2 rings (SSSR count). The van der Waals surface area contributed by atoms with Crippen molar-refractivity contribution in [1.82, 2.24) is 4.98 Å². The minimum atomic E-state index is -0.0432. The molecule has 0 fully saturated rings. The SMILES string of the molecule is CCc1ccc(C(Cl)c2ccncc2)s1. The Kier molecular flexibility index (Phi) is 3.39. The minimum absolute atomic E-state index is 0.0432. The Labute approximate surface area is 98.7 Å². The molecule has 0 aliphatic carbocycles. The first-order chi connectivity index (χ1) is 7.31. The van der Waals surface area contributed by atoms with Gasteiger partial charge >= 0.3 is 0 Å². The Morgan fingerprint density at radius 2 is 2.00 bits per heavy atom. The number of rotatable bonds is 3. The molecule has 0 radical (unpaired) electrons. The maximum atomic E-state index is 6.38. The molecule has 1 atom stereocenters. The van der Waals surface area contributed by atoms with Gasteiger partial charge in [0.15, 0.2) is 0 Å². The monoisotopic (exact) mass is 237 g/mol. The quantitative estimate of drug-likeness (QED) is 0.735. The van der Waals surface area contributed by atoms with Crippen LogP contribution in [-0.2, 0) is 6.42 Å². The van der Waals surface area contributed by atoms with Crippen LogP contribution < -0.4 is 0 Å². The fourth-order valence-electron chi connectivity index (χ4n) is 1.42. The zero-order chi connectivity index (χ0) is 10.7. The average Bonchev–Trinajstić information content (AvgIpc) is 2.78. The molecule has 3 heteroatoms. The van der Waals surface area contributed by atoms with Crippen LogP contribution in [0.5, 0.6) is 0 Å². The maximum absolute atomic E-state index is 6.38. The summed E-state index contributed by atoms with van der Waals surface area (Å²) < 4.78 is 0. The summed E-state index contributed by atoms with van der Waals surface area (Å²) in [6.45, 7) is 2.16. The Morgan fingerprint density at radius 3 is 2.60 bits per heavy atom. The van der Waals surface area contributed by atoms with Gasteiger partial charge in [-0.2, -0.15) is 0 Å². The van der Waals surface area contributed by atoms with E-state index in [2.05, 4.69) is 24.0 Å². The number of aromatic nitrogens is 1. The normalized spacial score (nSPS) is 12.7. The second-order valence-electron chi connectivity index (χ2n) is 3.30. The molecule has 15 heavy (non-hydrogen) atoms. The van der Waals surface area contributed by atoms with Crippen molar-refractivity contribution in [3.05, 3.63) is 52.0 Å². The van der Waals surface area contributed by atoms with Crippen molar-refractivity contribution in [2.45, 2.75) is 18.7 Å². The highest BCUT2D eigenvalue weighted by molar-refractivity contribution is 7.12. The molecule has 2 heterocycles. The number of halogens is 1. The summed E-state index contributed by atoms with van der Waals surface area (Å²) >= 11 is 8.17.